The highest BCUT2D eigenvalue weighted by molar-refractivity contribution is 5.92. The van der Waals surface area contributed by atoms with E-state index in [-0.39, 0.29) is 18.1 Å². The number of carbonyl (C=O) groups is 1. The lowest BCUT2D eigenvalue weighted by Gasteiger charge is -2.29. The van der Waals surface area contributed by atoms with Gasteiger partial charge in [-0.3, -0.25) is 4.79 Å². The van der Waals surface area contributed by atoms with Crippen LogP contribution in [0.5, 0.6) is 11.5 Å². The predicted octanol–water partition coefficient (Wildman–Crippen LogP) is 2.87. The van der Waals surface area contributed by atoms with Crippen molar-refractivity contribution in [2.45, 2.75) is 44.8 Å². The third-order valence-electron chi connectivity index (χ3n) is 4.49. The number of amides is 1. The normalized spacial score (nSPS) is 19.0. The Balaban J connectivity index is 1.52. The van der Waals surface area contributed by atoms with E-state index in [1.54, 1.807) is 36.5 Å². The number of aromatic nitrogens is 2. The molecule has 140 valence electrons. The van der Waals surface area contributed by atoms with Crippen LogP contribution in [-0.2, 0) is 0 Å². The van der Waals surface area contributed by atoms with Gasteiger partial charge in [0.25, 0.3) is 5.91 Å². The zero-order valence-corrected chi connectivity index (χ0v) is 15.2. The summed E-state index contributed by atoms with van der Waals surface area (Å²) in [5.41, 5.74) is 0.830. The molecule has 1 heterocycles. The van der Waals surface area contributed by atoms with Crippen molar-refractivity contribution in [2.75, 3.05) is 6.61 Å². The topological polar surface area (TPSA) is 97.1 Å². The van der Waals surface area contributed by atoms with Gasteiger partial charge in [0, 0.05) is 18.3 Å². The van der Waals surface area contributed by atoms with Gasteiger partial charge in [0.05, 0.1) is 18.3 Å². The number of nitriles is 1. The van der Waals surface area contributed by atoms with Gasteiger partial charge in [-0.2, -0.15) is 10.4 Å². The molecule has 0 atom stereocenters. The molecule has 1 aliphatic carbocycles. The zero-order chi connectivity index (χ0) is 19.1. The fraction of sp³-hybridized carbons (Fsp3) is 0.400. The highest BCUT2D eigenvalue weighted by Crippen LogP contribution is 2.28. The molecule has 7 heteroatoms. The molecule has 0 radical (unpaired) electrons. The Morgan fingerprint density at radius 2 is 2.11 bits per heavy atom. The van der Waals surface area contributed by atoms with Gasteiger partial charge < -0.3 is 14.8 Å². The Kier molecular flexibility index (Phi) is 6.21. The number of hydrogen-bond donors (Lipinski definition) is 1. The van der Waals surface area contributed by atoms with Crippen molar-refractivity contribution in [3.05, 3.63) is 47.8 Å². The molecule has 1 aromatic heterocycles. The van der Waals surface area contributed by atoms with Crippen molar-refractivity contribution in [1.82, 2.24) is 15.5 Å². The second-order valence-corrected chi connectivity index (χ2v) is 6.38. The van der Waals surface area contributed by atoms with Crippen LogP contribution in [0.15, 0.2) is 36.5 Å². The monoisotopic (exact) mass is 366 g/mol. The molecule has 0 spiro atoms. The zero-order valence-electron chi connectivity index (χ0n) is 15.2. The molecule has 2 aromatic rings. The number of nitrogens with one attached hydrogen (secondary N) is 1. The molecule has 1 amide bonds. The molecular weight excluding hydrogens is 344 g/mol. The van der Waals surface area contributed by atoms with Gasteiger partial charge >= 0.3 is 0 Å². The van der Waals surface area contributed by atoms with E-state index in [2.05, 4.69) is 21.6 Å². The minimum absolute atomic E-state index is 0.0806. The average Bonchev–Trinajstić information content (AvgIpc) is 2.71. The van der Waals surface area contributed by atoms with E-state index >= 15 is 0 Å². The highest BCUT2D eigenvalue weighted by atomic mass is 16.5. The maximum absolute atomic E-state index is 12.2. The molecule has 0 bridgehead atoms. The highest BCUT2D eigenvalue weighted by Gasteiger charge is 2.24. The fourth-order valence-corrected chi connectivity index (χ4v) is 3.14. The van der Waals surface area contributed by atoms with Crippen LogP contribution < -0.4 is 14.8 Å². The largest absolute Gasteiger partial charge is 0.492 e. The van der Waals surface area contributed by atoms with Gasteiger partial charge in [-0.15, -0.1) is 5.10 Å². The first-order valence-corrected chi connectivity index (χ1v) is 9.11. The number of rotatable bonds is 6. The number of nitrogens with zero attached hydrogens (tertiary/aromatic N) is 3. The van der Waals surface area contributed by atoms with E-state index in [1.807, 2.05) is 6.92 Å². The second-order valence-electron chi connectivity index (χ2n) is 6.38. The smallest absolute Gasteiger partial charge is 0.272 e. The molecule has 3 rings (SSSR count). The number of carbonyl (C=O) groups excluding carboxylic acids is 1. The first-order chi connectivity index (χ1) is 13.2. The van der Waals surface area contributed by atoms with Gasteiger partial charge in [-0.25, -0.2) is 0 Å². The summed E-state index contributed by atoms with van der Waals surface area (Å²) in [5.74, 6) is 1.05. The van der Waals surface area contributed by atoms with Gasteiger partial charge in [-0.05, 0) is 56.9 Å². The van der Waals surface area contributed by atoms with Crippen LogP contribution in [0, 0.1) is 11.3 Å². The molecule has 0 aliphatic heterocycles. The van der Waals surface area contributed by atoms with Crippen molar-refractivity contribution in [3.8, 4) is 17.6 Å². The van der Waals surface area contributed by atoms with Crippen LogP contribution in [0.3, 0.4) is 0 Å². The third-order valence-corrected chi connectivity index (χ3v) is 4.49. The molecule has 27 heavy (non-hydrogen) atoms. The summed E-state index contributed by atoms with van der Waals surface area (Å²) >= 11 is 0. The summed E-state index contributed by atoms with van der Waals surface area (Å²) in [5, 5.41) is 19.7. The van der Waals surface area contributed by atoms with E-state index in [4.69, 9.17) is 14.7 Å². The van der Waals surface area contributed by atoms with Crippen LogP contribution in [0.25, 0.3) is 0 Å². The van der Waals surface area contributed by atoms with Crippen LogP contribution in [0.1, 0.15) is 48.7 Å². The van der Waals surface area contributed by atoms with Gasteiger partial charge in [0.15, 0.2) is 5.69 Å². The third kappa shape index (κ3) is 4.94. The molecule has 0 saturated heterocycles. The summed E-state index contributed by atoms with van der Waals surface area (Å²) in [7, 11) is 0. The van der Waals surface area contributed by atoms with Crippen molar-refractivity contribution in [2.24, 2.45) is 0 Å². The Labute approximate surface area is 158 Å². The standard InChI is InChI=1S/C20H22N4O3/c1-2-26-19-12-17(8-5-14(19)13-21)27-16-9-6-15(7-10-16)23-20(25)18-4-3-11-22-24-18/h3-5,8,11-12,15-16H,2,6-7,9-10H2,1H3,(H,23,25)/t15-,16-. The SMILES string of the molecule is CCOc1cc(O[C@H]2CC[C@H](NC(=O)c3cccnn3)CC2)ccc1C#N. The van der Waals surface area contributed by atoms with Crippen molar-refractivity contribution < 1.29 is 14.3 Å². The van der Waals surface area contributed by atoms with Crippen molar-refractivity contribution in [3.63, 3.8) is 0 Å². The van der Waals surface area contributed by atoms with E-state index in [1.165, 1.54) is 0 Å². The fourth-order valence-electron chi connectivity index (χ4n) is 3.14. The maximum Gasteiger partial charge on any atom is 0.272 e. The predicted molar refractivity (Wildman–Crippen MR) is 98.5 cm³/mol. The number of ether oxygens (including phenoxy) is 2. The molecule has 1 aromatic carbocycles. The lowest BCUT2D eigenvalue weighted by molar-refractivity contribution is 0.0887. The molecule has 1 aliphatic rings. The Morgan fingerprint density at radius 1 is 1.30 bits per heavy atom. The van der Waals surface area contributed by atoms with Gasteiger partial charge in [0.2, 0.25) is 0 Å². The van der Waals surface area contributed by atoms with E-state index in [9.17, 15) is 4.79 Å². The first-order valence-electron chi connectivity index (χ1n) is 9.11. The molecule has 7 nitrogen and oxygen atoms in total. The van der Waals surface area contributed by atoms with Crippen LogP contribution >= 0.6 is 0 Å². The summed E-state index contributed by atoms with van der Waals surface area (Å²) in [4.78, 5) is 12.2. The molecular formula is C20H22N4O3. The molecule has 1 fully saturated rings. The van der Waals surface area contributed by atoms with Crippen molar-refractivity contribution in [1.29, 1.82) is 5.26 Å². The Bertz CT molecular complexity index is 812. The molecule has 0 unspecified atom stereocenters. The van der Waals surface area contributed by atoms with Gasteiger partial charge in [0.1, 0.15) is 17.6 Å². The van der Waals surface area contributed by atoms with E-state index < -0.39 is 0 Å². The second kappa shape index (κ2) is 8.99. The minimum Gasteiger partial charge on any atom is -0.492 e. The first kappa shape index (κ1) is 18.6. The average molecular weight is 366 g/mol. The summed E-state index contributed by atoms with van der Waals surface area (Å²) in [6.45, 7) is 2.38. The van der Waals surface area contributed by atoms with E-state index in [0.717, 1.165) is 25.7 Å². The van der Waals surface area contributed by atoms with E-state index in [0.29, 0.717) is 29.4 Å². The number of benzene rings is 1. The van der Waals surface area contributed by atoms with Crippen LogP contribution in [0.2, 0.25) is 0 Å². The Morgan fingerprint density at radius 3 is 2.78 bits per heavy atom. The summed E-state index contributed by atoms with van der Waals surface area (Å²) in [6.07, 6.45) is 4.98. The minimum atomic E-state index is -0.194. The lowest BCUT2D eigenvalue weighted by Crippen LogP contribution is -2.40. The van der Waals surface area contributed by atoms with Crippen molar-refractivity contribution >= 4 is 5.91 Å². The van der Waals surface area contributed by atoms with Crippen LogP contribution in [-0.4, -0.2) is 34.9 Å². The summed E-state index contributed by atoms with van der Waals surface area (Å²) in [6, 6.07) is 10.9. The Hall–Kier alpha value is -3.14. The molecule has 1 N–H and O–H groups in total. The lowest BCUT2D eigenvalue weighted by atomic mass is 9.92. The van der Waals surface area contributed by atoms with Gasteiger partial charge in [-0.1, -0.05) is 0 Å². The summed E-state index contributed by atoms with van der Waals surface area (Å²) < 4.78 is 11.6. The van der Waals surface area contributed by atoms with Crippen LogP contribution in [0.4, 0.5) is 0 Å². The number of hydrogen-bond acceptors (Lipinski definition) is 6. The maximum atomic E-state index is 12.2. The molecule has 1 saturated carbocycles. The quantitative estimate of drug-likeness (QED) is 0.844.